The molecule has 4 rings (SSSR count). The number of aliphatic hydroxyl groups is 1. The molecule has 0 saturated heterocycles. The fraction of sp³-hybridized carbons (Fsp3) is 0.321. The number of amides is 1. The van der Waals surface area contributed by atoms with Gasteiger partial charge in [0.1, 0.15) is 10.8 Å². The van der Waals surface area contributed by atoms with E-state index < -0.39 is 17.7 Å². The summed E-state index contributed by atoms with van der Waals surface area (Å²) in [5.74, 6) is -0.249. The lowest BCUT2D eigenvalue weighted by Gasteiger charge is -2.26. The van der Waals surface area contributed by atoms with Crippen molar-refractivity contribution in [3.05, 3.63) is 82.1 Å². The van der Waals surface area contributed by atoms with Crippen molar-refractivity contribution in [2.75, 3.05) is 13.2 Å². The Hall–Kier alpha value is -3.45. The predicted octanol–water partition coefficient (Wildman–Crippen LogP) is 6.14. The highest BCUT2D eigenvalue weighted by Crippen LogP contribution is 2.41. The normalized spacial score (nSPS) is 15.9. The second kappa shape index (κ2) is 10.4. The van der Waals surface area contributed by atoms with Crippen molar-refractivity contribution in [1.29, 1.82) is 0 Å². The van der Waals surface area contributed by atoms with Crippen LogP contribution >= 0.6 is 11.3 Å². The van der Waals surface area contributed by atoms with Gasteiger partial charge in [-0.2, -0.15) is 0 Å². The zero-order valence-corrected chi connectivity index (χ0v) is 21.3. The summed E-state index contributed by atoms with van der Waals surface area (Å²) in [7, 11) is 0. The Labute approximate surface area is 209 Å². The molecule has 2 heterocycles. The molecule has 1 aliphatic heterocycles. The monoisotopic (exact) mass is 490 g/mol. The molecule has 3 aromatic rings. The first-order chi connectivity index (χ1) is 16.8. The van der Waals surface area contributed by atoms with Crippen LogP contribution in [0.2, 0.25) is 0 Å². The predicted molar refractivity (Wildman–Crippen MR) is 138 cm³/mol. The quantitative estimate of drug-likeness (QED) is 0.364. The second-order valence-corrected chi connectivity index (χ2v) is 10.1. The third kappa shape index (κ3) is 5.00. The van der Waals surface area contributed by atoms with Crippen molar-refractivity contribution in [2.45, 2.75) is 40.2 Å². The average molecular weight is 491 g/mol. The van der Waals surface area contributed by atoms with E-state index in [1.165, 1.54) is 11.3 Å². The number of aliphatic hydroxyl groups excluding tert-OH is 1. The second-order valence-electron chi connectivity index (χ2n) is 9.07. The minimum absolute atomic E-state index is 0.102. The van der Waals surface area contributed by atoms with Crippen molar-refractivity contribution in [3.8, 4) is 16.3 Å². The number of carbonyl (C=O) groups excluding carboxylic acids is 2. The molecule has 0 saturated carbocycles. The summed E-state index contributed by atoms with van der Waals surface area (Å²) in [6.45, 7) is 8.93. The number of thiazole rings is 1. The van der Waals surface area contributed by atoms with Crippen LogP contribution in [0.4, 0.5) is 0 Å². The molecule has 182 valence electrons. The molecule has 0 aliphatic carbocycles. The molecule has 1 N–H and O–H groups in total. The molecule has 2 aromatic carbocycles. The number of hydrogen-bond acceptors (Lipinski definition) is 6. The maximum Gasteiger partial charge on any atom is 0.290 e. The highest BCUT2D eigenvalue weighted by molar-refractivity contribution is 7.17. The van der Waals surface area contributed by atoms with Gasteiger partial charge in [0.25, 0.3) is 5.91 Å². The summed E-state index contributed by atoms with van der Waals surface area (Å²) in [5.41, 5.74) is 2.35. The highest BCUT2D eigenvalue weighted by Gasteiger charge is 2.44. The summed E-state index contributed by atoms with van der Waals surface area (Å²) >= 11 is 1.28. The number of carbonyl (C=O) groups is 2. The van der Waals surface area contributed by atoms with Gasteiger partial charge in [-0.3, -0.25) is 9.59 Å². The van der Waals surface area contributed by atoms with Crippen LogP contribution in [0.3, 0.4) is 0 Å². The fourth-order valence-electron chi connectivity index (χ4n) is 4.15. The van der Waals surface area contributed by atoms with Gasteiger partial charge in [-0.25, -0.2) is 4.98 Å². The van der Waals surface area contributed by atoms with Gasteiger partial charge in [0, 0.05) is 12.1 Å². The van der Waals surface area contributed by atoms with E-state index in [0.29, 0.717) is 36.1 Å². The van der Waals surface area contributed by atoms with Crippen molar-refractivity contribution in [3.63, 3.8) is 0 Å². The number of aromatic nitrogens is 1. The molecule has 0 bridgehead atoms. The molecule has 35 heavy (non-hydrogen) atoms. The van der Waals surface area contributed by atoms with E-state index in [-0.39, 0.29) is 11.4 Å². The Bertz CT molecular complexity index is 1250. The van der Waals surface area contributed by atoms with Gasteiger partial charge >= 0.3 is 0 Å². The number of nitrogens with zero attached hydrogens (tertiary/aromatic N) is 2. The minimum Gasteiger partial charge on any atom is -0.503 e. The van der Waals surface area contributed by atoms with Crippen LogP contribution in [-0.2, 0) is 4.79 Å². The highest BCUT2D eigenvalue weighted by atomic mass is 32.1. The number of ketones is 1. The van der Waals surface area contributed by atoms with Crippen LogP contribution in [0.25, 0.3) is 10.6 Å². The largest absolute Gasteiger partial charge is 0.503 e. The molecular formula is C28H30N2O4S. The minimum atomic E-state index is -0.671. The maximum atomic E-state index is 13.8. The Morgan fingerprint density at radius 3 is 2.46 bits per heavy atom. The molecule has 7 heteroatoms. The smallest absolute Gasteiger partial charge is 0.290 e. The first kappa shape index (κ1) is 24.7. The summed E-state index contributed by atoms with van der Waals surface area (Å²) in [4.78, 5) is 33.4. The molecule has 6 nitrogen and oxygen atoms in total. The van der Waals surface area contributed by atoms with Crippen LogP contribution < -0.4 is 4.74 Å². The summed E-state index contributed by atoms with van der Waals surface area (Å²) in [6.07, 6.45) is 0.699. The standard InChI is InChI=1S/C28H30N2O4S/c1-5-15-30-23(19-11-13-21(14-12-19)34-16-17(2)3)22(25(32)28(30)33)24(31)26-18(4)29-27(35-26)20-9-7-6-8-10-20/h6-14,17,23,32H,5,15-16H2,1-4H3. The van der Waals surface area contributed by atoms with Gasteiger partial charge in [0.15, 0.2) is 5.76 Å². The van der Waals surface area contributed by atoms with Gasteiger partial charge in [-0.05, 0) is 37.0 Å². The van der Waals surface area contributed by atoms with Gasteiger partial charge in [0.05, 0.1) is 28.8 Å². The van der Waals surface area contributed by atoms with Crippen molar-refractivity contribution in [2.24, 2.45) is 5.92 Å². The van der Waals surface area contributed by atoms with Crippen LogP contribution in [0, 0.1) is 12.8 Å². The lowest BCUT2D eigenvalue weighted by Crippen LogP contribution is -2.31. The lowest BCUT2D eigenvalue weighted by atomic mass is 9.95. The number of rotatable bonds is 9. The van der Waals surface area contributed by atoms with Gasteiger partial charge in [-0.15, -0.1) is 11.3 Å². The first-order valence-corrected chi connectivity index (χ1v) is 12.7. The molecular weight excluding hydrogens is 460 g/mol. The number of hydrogen-bond donors (Lipinski definition) is 1. The SMILES string of the molecule is CCCN1C(=O)C(O)=C(C(=O)c2sc(-c3ccccc3)nc2C)C1c1ccc(OCC(C)C)cc1. The van der Waals surface area contributed by atoms with E-state index in [1.807, 2.05) is 61.5 Å². The van der Waals surface area contributed by atoms with Gasteiger partial charge in [0.2, 0.25) is 5.78 Å². The third-order valence-electron chi connectivity index (χ3n) is 5.82. The van der Waals surface area contributed by atoms with E-state index in [1.54, 1.807) is 11.8 Å². The van der Waals surface area contributed by atoms with Crippen LogP contribution in [0.1, 0.15) is 54.2 Å². The van der Waals surface area contributed by atoms with Crippen LogP contribution in [0.15, 0.2) is 65.9 Å². The Kier molecular flexibility index (Phi) is 7.36. The maximum absolute atomic E-state index is 13.8. The molecule has 1 amide bonds. The Morgan fingerprint density at radius 2 is 1.83 bits per heavy atom. The van der Waals surface area contributed by atoms with E-state index in [4.69, 9.17) is 4.74 Å². The molecule has 1 aliphatic rings. The van der Waals surface area contributed by atoms with Gasteiger partial charge < -0.3 is 14.7 Å². The Balaban J connectivity index is 1.71. The topological polar surface area (TPSA) is 79.7 Å². The molecule has 1 unspecified atom stereocenters. The Morgan fingerprint density at radius 1 is 1.14 bits per heavy atom. The average Bonchev–Trinajstić information content (AvgIpc) is 3.36. The molecule has 0 fully saturated rings. The van der Waals surface area contributed by atoms with Crippen LogP contribution in [-0.4, -0.2) is 39.8 Å². The number of aryl methyl sites for hydroxylation is 1. The number of ether oxygens (including phenoxy) is 1. The number of Topliss-reactive ketones (excluding diaryl/α,β-unsaturated/α-hetero) is 1. The zero-order valence-electron chi connectivity index (χ0n) is 20.4. The van der Waals surface area contributed by atoms with E-state index >= 15 is 0 Å². The van der Waals surface area contributed by atoms with Crippen LogP contribution in [0.5, 0.6) is 5.75 Å². The zero-order chi connectivity index (χ0) is 25.1. The number of benzene rings is 2. The summed E-state index contributed by atoms with van der Waals surface area (Å²) in [5, 5.41) is 11.6. The van der Waals surface area contributed by atoms with E-state index in [0.717, 1.165) is 21.9 Å². The summed E-state index contributed by atoms with van der Waals surface area (Å²) in [6, 6.07) is 16.4. The van der Waals surface area contributed by atoms with Gasteiger partial charge in [-0.1, -0.05) is 63.2 Å². The molecule has 1 aromatic heterocycles. The first-order valence-electron chi connectivity index (χ1n) is 11.9. The van der Waals surface area contributed by atoms with Crippen molar-refractivity contribution in [1.82, 2.24) is 9.88 Å². The van der Waals surface area contributed by atoms with Crippen molar-refractivity contribution >= 4 is 23.0 Å². The van der Waals surface area contributed by atoms with E-state index in [9.17, 15) is 14.7 Å². The third-order valence-corrected chi connectivity index (χ3v) is 7.02. The summed E-state index contributed by atoms with van der Waals surface area (Å²) < 4.78 is 5.79. The molecule has 1 atom stereocenters. The lowest BCUT2D eigenvalue weighted by molar-refractivity contribution is -0.129. The molecule has 0 radical (unpaired) electrons. The fourth-order valence-corrected chi connectivity index (χ4v) is 5.17. The van der Waals surface area contributed by atoms with E-state index in [2.05, 4.69) is 18.8 Å². The molecule has 0 spiro atoms. The van der Waals surface area contributed by atoms with Crippen molar-refractivity contribution < 1.29 is 19.4 Å².